The Bertz CT molecular complexity index is 617. The van der Waals surface area contributed by atoms with Gasteiger partial charge >= 0.3 is 5.97 Å². The molecule has 0 spiro atoms. The summed E-state index contributed by atoms with van der Waals surface area (Å²) in [5.41, 5.74) is 0.958. The molecule has 2 saturated carbocycles. The average Bonchev–Trinajstić information content (AvgIpc) is 3.33. The maximum atomic E-state index is 13.9. The number of benzene rings is 1. The van der Waals surface area contributed by atoms with Crippen LogP contribution in [-0.2, 0) is 4.79 Å². The van der Waals surface area contributed by atoms with E-state index in [2.05, 4.69) is 17.1 Å². The first-order valence-corrected chi connectivity index (χ1v) is 10.2. The van der Waals surface area contributed by atoms with Gasteiger partial charge in [-0.15, -0.1) is 11.8 Å². The minimum absolute atomic E-state index is 0.0905. The van der Waals surface area contributed by atoms with E-state index in [1.165, 1.54) is 24.6 Å². The number of rotatable bonds is 9. The first-order valence-electron chi connectivity index (χ1n) is 9.01. The number of hydrogen-bond donors (Lipinski definition) is 2. The lowest BCUT2D eigenvalue weighted by Crippen LogP contribution is -2.54. The fraction of sp³-hybridized carbons (Fsp3) is 0.632. The zero-order chi connectivity index (χ0) is 18.0. The lowest BCUT2D eigenvalue weighted by molar-refractivity contribution is -0.139. The molecular weight excluding hydrogens is 339 g/mol. The summed E-state index contributed by atoms with van der Waals surface area (Å²) in [5.74, 6) is -0.208. The van der Waals surface area contributed by atoms with Gasteiger partial charge in [0.05, 0.1) is 6.54 Å². The second kappa shape index (κ2) is 8.06. The van der Waals surface area contributed by atoms with Crippen molar-refractivity contribution in [1.82, 2.24) is 10.2 Å². The van der Waals surface area contributed by atoms with Crippen molar-refractivity contribution in [2.24, 2.45) is 5.92 Å². The molecule has 1 atom stereocenters. The number of carboxylic acid groups (broad SMARTS) is 1. The van der Waals surface area contributed by atoms with Crippen molar-refractivity contribution in [3.8, 4) is 0 Å². The minimum Gasteiger partial charge on any atom is -0.480 e. The molecule has 0 amide bonds. The summed E-state index contributed by atoms with van der Waals surface area (Å²) in [4.78, 5) is 13.9. The fourth-order valence-corrected chi connectivity index (χ4v) is 4.03. The third-order valence-electron chi connectivity index (χ3n) is 5.32. The highest BCUT2D eigenvalue weighted by atomic mass is 32.2. The topological polar surface area (TPSA) is 52.6 Å². The molecule has 0 bridgehead atoms. The number of aliphatic carboxylic acids is 1. The zero-order valence-electron chi connectivity index (χ0n) is 14.9. The maximum Gasteiger partial charge on any atom is 0.317 e. The van der Waals surface area contributed by atoms with E-state index in [4.69, 9.17) is 5.11 Å². The first kappa shape index (κ1) is 18.7. The third-order valence-corrected chi connectivity index (χ3v) is 6.09. The Kier molecular flexibility index (Phi) is 6.02. The summed E-state index contributed by atoms with van der Waals surface area (Å²) in [6.07, 6.45) is 6.28. The number of halogens is 1. The van der Waals surface area contributed by atoms with E-state index >= 15 is 0 Å². The average molecular weight is 367 g/mol. The van der Waals surface area contributed by atoms with Crippen LogP contribution in [0.5, 0.6) is 0 Å². The van der Waals surface area contributed by atoms with Gasteiger partial charge in [0, 0.05) is 29.6 Å². The van der Waals surface area contributed by atoms with Crippen molar-refractivity contribution in [1.29, 1.82) is 0 Å². The Balaban J connectivity index is 1.50. The summed E-state index contributed by atoms with van der Waals surface area (Å²) >= 11 is 1.41. The van der Waals surface area contributed by atoms with Crippen molar-refractivity contribution in [3.05, 3.63) is 29.6 Å². The van der Waals surface area contributed by atoms with Crippen LogP contribution in [0, 0.1) is 11.7 Å². The van der Waals surface area contributed by atoms with Crippen molar-refractivity contribution in [3.63, 3.8) is 0 Å². The molecular formula is C19H27FN2O2S. The highest BCUT2D eigenvalue weighted by molar-refractivity contribution is 7.98. The molecule has 0 heterocycles. The Labute approximate surface area is 153 Å². The monoisotopic (exact) mass is 366 g/mol. The van der Waals surface area contributed by atoms with E-state index in [1.54, 1.807) is 6.07 Å². The number of nitrogens with zero attached hydrogens (tertiary/aromatic N) is 1. The highest BCUT2D eigenvalue weighted by Crippen LogP contribution is 2.34. The fourth-order valence-electron chi connectivity index (χ4n) is 3.57. The molecule has 25 heavy (non-hydrogen) atoms. The van der Waals surface area contributed by atoms with E-state index in [9.17, 15) is 9.18 Å². The first-order chi connectivity index (χ1) is 12.0. The zero-order valence-corrected chi connectivity index (χ0v) is 15.7. The summed E-state index contributed by atoms with van der Waals surface area (Å²) < 4.78 is 13.9. The Hall–Kier alpha value is -1.11. The van der Waals surface area contributed by atoms with Crippen molar-refractivity contribution >= 4 is 17.7 Å². The molecule has 3 rings (SSSR count). The molecule has 2 fully saturated rings. The molecule has 2 aliphatic carbocycles. The Morgan fingerprint density at radius 2 is 2.16 bits per heavy atom. The molecule has 6 heteroatoms. The van der Waals surface area contributed by atoms with Crippen LogP contribution in [0.25, 0.3) is 0 Å². The lowest BCUT2D eigenvalue weighted by atomic mass is 9.84. The van der Waals surface area contributed by atoms with E-state index in [-0.39, 0.29) is 18.4 Å². The standard InChI is InChI=1S/C19H27FN2O2S/c1-12(14-5-6-18(25-2)17(20)7-14)21-15-8-16(9-15)22(11-19(23)24)10-13-3-4-13/h5-7,12-13,15-16,21H,3-4,8-11H2,1-2H3,(H,23,24). The van der Waals surface area contributed by atoms with Gasteiger partial charge in [0.1, 0.15) is 5.82 Å². The summed E-state index contributed by atoms with van der Waals surface area (Å²) in [7, 11) is 0. The molecule has 1 aromatic carbocycles. The van der Waals surface area contributed by atoms with Crippen molar-refractivity contribution in [2.45, 2.75) is 55.6 Å². The van der Waals surface area contributed by atoms with Gasteiger partial charge in [0.2, 0.25) is 0 Å². The van der Waals surface area contributed by atoms with Crippen LogP contribution in [0.2, 0.25) is 0 Å². The largest absolute Gasteiger partial charge is 0.480 e. The number of carbonyl (C=O) groups is 1. The van der Waals surface area contributed by atoms with Crippen LogP contribution in [0.4, 0.5) is 4.39 Å². The lowest BCUT2D eigenvalue weighted by Gasteiger charge is -2.44. The van der Waals surface area contributed by atoms with Crippen molar-refractivity contribution < 1.29 is 14.3 Å². The highest BCUT2D eigenvalue weighted by Gasteiger charge is 2.37. The number of carboxylic acids is 1. The SMILES string of the molecule is CSc1ccc(C(C)NC2CC(N(CC(=O)O)CC3CC3)C2)cc1F. The van der Waals surface area contributed by atoms with Gasteiger partial charge in [-0.1, -0.05) is 6.07 Å². The number of nitrogens with one attached hydrogen (secondary N) is 1. The van der Waals surface area contributed by atoms with Crippen molar-refractivity contribution in [2.75, 3.05) is 19.3 Å². The Morgan fingerprint density at radius 3 is 2.72 bits per heavy atom. The molecule has 4 nitrogen and oxygen atoms in total. The predicted octanol–water partition coefficient (Wildman–Crippen LogP) is 3.53. The minimum atomic E-state index is -0.741. The molecule has 0 saturated heterocycles. The summed E-state index contributed by atoms with van der Waals surface area (Å²) in [5, 5.41) is 12.7. The summed E-state index contributed by atoms with van der Waals surface area (Å²) in [6.45, 7) is 3.12. The quantitative estimate of drug-likeness (QED) is 0.655. The van der Waals surface area contributed by atoms with Crippen LogP contribution in [-0.4, -0.2) is 47.4 Å². The molecule has 2 aliphatic rings. The van der Waals surface area contributed by atoms with Gasteiger partial charge < -0.3 is 10.4 Å². The Morgan fingerprint density at radius 1 is 1.44 bits per heavy atom. The van der Waals surface area contributed by atoms with E-state index in [1.807, 2.05) is 18.4 Å². The molecule has 0 aliphatic heterocycles. The summed E-state index contributed by atoms with van der Waals surface area (Å²) in [6, 6.07) is 6.25. The van der Waals surface area contributed by atoms with Crippen LogP contribution in [0.1, 0.15) is 44.2 Å². The molecule has 0 aromatic heterocycles. The van der Waals surface area contributed by atoms with Gasteiger partial charge in [-0.3, -0.25) is 9.69 Å². The van der Waals surface area contributed by atoms with Crippen LogP contribution in [0.3, 0.4) is 0 Å². The molecule has 0 radical (unpaired) electrons. The van der Waals surface area contributed by atoms with E-state index in [0.29, 0.717) is 22.9 Å². The van der Waals surface area contributed by atoms with E-state index < -0.39 is 5.97 Å². The normalized spacial score (nSPS) is 24.2. The van der Waals surface area contributed by atoms with Gasteiger partial charge in [0.25, 0.3) is 0 Å². The van der Waals surface area contributed by atoms with Gasteiger partial charge in [-0.2, -0.15) is 0 Å². The maximum absolute atomic E-state index is 13.9. The number of hydrogen-bond acceptors (Lipinski definition) is 4. The molecule has 1 aromatic rings. The smallest absolute Gasteiger partial charge is 0.317 e. The van der Waals surface area contributed by atoms with Crippen LogP contribution < -0.4 is 5.32 Å². The molecule has 2 N–H and O–H groups in total. The van der Waals surface area contributed by atoms with Gasteiger partial charge in [-0.25, -0.2) is 4.39 Å². The number of thioether (sulfide) groups is 1. The van der Waals surface area contributed by atoms with Crippen LogP contribution >= 0.6 is 11.8 Å². The second-order valence-corrected chi connectivity index (χ2v) is 8.22. The third kappa shape index (κ3) is 4.96. The molecule has 1 unspecified atom stereocenters. The van der Waals surface area contributed by atoms with E-state index in [0.717, 1.165) is 24.9 Å². The van der Waals surface area contributed by atoms with Gasteiger partial charge in [-0.05, 0) is 62.5 Å². The molecule has 138 valence electrons. The van der Waals surface area contributed by atoms with Gasteiger partial charge in [0.15, 0.2) is 0 Å². The van der Waals surface area contributed by atoms with Crippen LogP contribution in [0.15, 0.2) is 23.1 Å². The predicted molar refractivity (Wildman–Crippen MR) is 98.5 cm³/mol. The second-order valence-electron chi connectivity index (χ2n) is 7.37.